The molecule has 15 heavy (non-hydrogen) atoms. The molecule has 0 fully saturated rings. The Bertz CT molecular complexity index is 481. The van der Waals surface area contributed by atoms with Crippen molar-refractivity contribution in [3.05, 3.63) is 23.6 Å². The van der Waals surface area contributed by atoms with E-state index in [9.17, 15) is 4.79 Å². The molecule has 4 heteroatoms. The van der Waals surface area contributed by atoms with Crippen molar-refractivity contribution in [2.24, 2.45) is 0 Å². The predicted octanol–water partition coefficient (Wildman–Crippen LogP) is 2.50. The van der Waals surface area contributed by atoms with Gasteiger partial charge < -0.3 is 14.1 Å². The summed E-state index contributed by atoms with van der Waals surface area (Å²) < 4.78 is 10.2. The molecule has 0 saturated heterocycles. The minimum Gasteiger partial charge on any atom is -0.461 e. The number of aromatic nitrogens is 1. The summed E-state index contributed by atoms with van der Waals surface area (Å²) in [5, 5.41) is 0.959. The molecular weight excluding hydrogens is 194 g/mol. The highest BCUT2D eigenvalue weighted by atomic mass is 16.5. The van der Waals surface area contributed by atoms with Gasteiger partial charge in [0.05, 0.1) is 12.9 Å². The molecule has 2 aromatic rings. The van der Waals surface area contributed by atoms with Gasteiger partial charge in [0.1, 0.15) is 5.69 Å². The Labute approximate surface area is 87.2 Å². The maximum Gasteiger partial charge on any atom is 0.354 e. The SMILES string of the molecule is CCOC(=O)c1cc2c(CC)coc2[nH]1. The summed E-state index contributed by atoms with van der Waals surface area (Å²) in [7, 11) is 0. The average Bonchev–Trinajstić information content (AvgIpc) is 2.76. The Morgan fingerprint density at radius 3 is 3.00 bits per heavy atom. The number of aromatic amines is 1. The van der Waals surface area contributed by atoms with Gasteiger partial charge in [-0.15, -0.1) is 0 Å². The highest BCUT2D eigenvalue weighted by molar-refractivity contribution is 5.94. The number of nitrogens with one attached hydrogen (secondary N) is 1. The zero-order chi connectivity index (χ0) is 10.8. The molecular formula is C11H13NO3. The minimum absolute atomic E-state index is 0.342. The maximum atomic E-state index is 11.4. The van der Waals surface area contributed by atoms with Gasteiger partial charge in [0.25, 0.3) is 0 Å². The second-order valence-electron chi connectivity index (χ2n) is 3.26. The van der Waals surface area contributed by atoms with Crippen molar-refractivity contribution in [2.75, 3.05) is 6.61 Å². The van der Waals surface area contributed by atoms with Crippen molar-refractivity contribution in [3.63, 3.8) is 0 Å². The number of hydrogen-bond acceptors (Lipinski definition) is 3. The lowest BCUT2D eigenvalue weighted by Gasteiger charge is -1.96. The topological polar surface area (TPSA) is 55.2 Å². The number of hydrogen-bond donors (Lipinski definition) is 1. The molecule has 0 spiro atoms. The number of furan rings is 1. The molecule has 0 amide bonds. The van der Waals surface area contributed by atoms with Crippen LogP contribution in [-0.4, -0.2) is 17.6 Å². The Hall–Kier alpha value is -1.71. The van der Waals surface area contributed by atoms with Crippen molar-refractivity contribution in [1.29, 1.82) is 0 Å². The fraction of sp³-hybridized carbons (Fsp3) is 0.364. The third kappa shape index (κ3) is 1.63. The fourth-order valence-corrected chi connectivity index (χ4v) is 1.55. The van der Waals surface area contributed by atoms with Crippen LogP contribution in [-0.2, 0) is 11.2 Å². The third-order valence-electron chi connectivity index (χ3n) is 2.32. The van der Waals surface area contributed by atoms with Crippen LogP contribution < -0.4 is 0 Å². The zero-order valence-electron chi connectivity index (χ0n) is 8.79. The van der Waals surface area contributed by atoms with Gasteiger partial charge in [0.2, 0.25) is 5.71 Å². The highest BCUT2D eigenvalue weighted by Crippen LogP contribution is 2.22. The molecule has 0 aromatic carbocycles. The zero-order valence-corrected chi connectivity index (χ0v) is 8.79. The molecule has 80 valence electrons. The first-order chi connectivity index (χ1) is 7.26. The Morgan fingerprint density at radius 2 is 2.33 bits per heavy atom. The van der Waals surface area contributed by atoms with Crippen LogP contribution in [0.2, 0.25) is 0 Å². The van der Waals surface area contributed by atoms with Crippen LogP contribution in [0.5, 0.6) is 0 Å². The molecule has 0 aliphatic carbocycles. The largest absolute Gasteiger partial charge is 0.461 e. The molecule has 0 aliphatic rings. The summed E-state index contributed by atoms with van der Waals surface area (Å²) in [4.78, 5) is 14.3. The van der Waals surface area contributed by atoms with Crippen molar-refractivity contribution < 1.29 is 13.9 Å². The molecule has 2 rings (SSSR count). The minimum atomic E-state index is -0.342. The molecule has 0 radical (unpaired) electrons. The first-order valence-corrected chi connectivity index (χ1v) is 5.02. The number of carbonyl (C=O) groups is 1. The van der Waals surface area contributed by atoms with Gasteiger partial charge in [0.15, 0.2) is 0 Å². The molecule has 0 saturated carbocycles. The molecule has 4 nitrogen and oxygen atoms in total. The van der Waals surface area contributed by atoms with Crippen LogP contribution >= 0.6 is 0 Å². The van der Waals surface area contributed by atoms with Crippen molar-refractivity contribution in [1.82, 2.24) is 4.98 Å². The maximum absolute atomic E-state index is 11.4. The van der Waals surface area contributed by atoms with Gasteiger partial charge in [-0.1, -0.05) is 6.92 Å². The highest BCUT2D eigenvalue weighted by Gasteiger charge is 2.14. The standard InChI is InChI=1S/C11H13NO3/c1-3-7-6-15-10-8(7)5-9(12-10)11(13)14-4-2/h5-6,12H,3-4H2,1-2H3. The second-order valence-corrected chi connectivity index (χ2v) is 3.26. The lowest BCUT2D eigenvalue weighted by Crippen LogP contribution is -2.04. The van der Waals surface area contributed by atoms with Crippen molar-refractivity contribution in [3.8, 4) is 0 Å². The number of ether oxygens (including phenoxy) is 1. The molecule has 0 bridgehead atoms. The van der Waals surface area contributed by atoms with E-state index >= 15 is 0 Å². The van der Waals surface area contributed by atoms with Crippen LogP contribution in [0.3, 0.4) is 0 Å². The average molecular weight is 207 g/mol. The predicted molar refractivity (Wildman–Crippen MR) is 55.9 cm³/mol. The number of rotatable bonds is 3. The van der Waals surface area contributed by atoms with Crippen LogP contribution in [0, 0.1) is 0 Å². The van der Waals surface area contributed by atoms with E-state index < -0.39 is 0 Å². The van der Waals surface area contributed by atoms with Gasteiger partial charge in [-0.25, -0.2) is 4.79 Å². The quantitative estimate of drug-likeness (QED) is 0.787. The van der Waals surface area contributed by atoms with Crippen LogP contribution in [0.1, 0.15) is 29.9 Å². The van der Waals surface area contributed by atoms with Gasteiger partial charge in [-0.2, -0.15) is 0 Å². The normalized spacial score (nSPS) is 10.8. The van der Waals surface area contributed by atoms with E-state index in [4.69, 9.17) is 9.15 Å². The smallest absolute Gasteiger partial charge is 0.354 e. The van der Waals surface area contributed by atoms with Gasteiger partial charge in [-0.05, 0) is 25.0 Å². The van der Waals surface area contributed by atoms with E-state index in [0.29, 0.717) is 18.0 Å². The van der Waals surface area contributed by atoms with Gasteiger partial charge in [-0.3, -0.25) is 0 Å². The second kappa shape index (κ2) is 3.81. The van der Waals surface area contributed by atoms with Gasteiger partial charge >= 0.3 is 5.97 Å². The summed E-state index contributed by atoms with van der Waals surface area (Å²) in [6, 6.07) is 1.77. The molecule has 0 aliphatic heterocycles. The van der Waals surface area contributed by atoms with E-state index in [1.54, 1.807) is 19.3 Å². The molecule has 2 aromatic heterocycles. The molecule has 2 heterocycles. The van der Waals surface area contributed by atoms with E-state index in [1.165, 1.54) is 0 Å². The number of H-pyrrole nitrogens is 1. The first-order valence-electron chi connectivity index (χ1n) is 5.02. The summed E-state index contributed by atoms with van der Waals surface area (Å²) in [6.45, 7) is 4.20. The Balaban J connectivity index is 2.38. The van der Waals surface area contributed by atoms with Crippen LogP contribution in [0.15, 0.2) is 16.7 Å². The molecule has 0 atom stereocenters. The lowest BCUT2D eigenvalue weighted by atomic mass is 10.2. The Kier molecular flexibility index (Phi) is 2.49. The summed E-state index contributed by atoms with van der Waals surface area (Å²) in [5.74, 6) is -0.342. The number of fused-ring (bicyclic) bond motifs is 1. The van der Waals surface area contributed by atoms with Crippen molar-refractivity contribution >= 4 is 17.1 Å². The number of aryl methyl sites for hydroxylation is 1. The van der Waals surface area contributed by atoms with E-state index in [2.05, 4.69) is 4.98 Å². The number of carbonyl (C=O) groups excluding carboxylic acids is 1. The Morgan fingerprint density at radius 1 is 1.53 bits per heavy atom. The van der Waals surface area contributed by atoms with E-state index in [-0.39, 0.29) is 5.97 Å². The van der Waals surface area contributed by atoms with Crippen molar-refractivity contribution in [2.45, 2.75) is 20.3 Å². The summed E-state index contributed by atoms with van der Waals surface area (Å²) in [5.41, 5.74) is 2.17. The molecule has 1 N–H and O–H groups in total. The summed E-state index contributed by atoms with van der Waals surface area (Å²) in [6.07, 6.45) is 2.59. The first kappa shape index (κ1) is 9.83. The lowest BCUT2D eigenvalue weighted by molar-refractivity contribution is 0.0520. The van der Waals surface area contributed by atoms with Crippen LogP contribution in [0.4, 0.5) is 0 Å². The third-order valence-corrected chi connectivity index (χ3v) is 2.32. The monoisotopic (exact) mass is 207 g/mol. The van der Waals surface area contributed by atoms with Gasteiger partial charge in [0, 0.05) is 5.39 Å². The molecule has 0 unspecified atom stereocenters. The number of esters is 1. The van der Waals surface area contributed by atoms with E-state index in [1.807, 2.05) is 6.92 Å². The fourth-order valence-electron chi connectivity index (χ4n) is 1.55. The summed E-state index contributed by atoms with van der Waals surface area (Å²) >= 11 is 0. The van der Waals surface area contributed by atoms with Crippen LogP contribution in [0.25, 0.3) is 11.1 Å². The van der Waals surface area contributed by atoms with E-state index in [0.717, 1.165) is 17.4 Å².